The Balaban J connectivity index is 2.09. The van der Waals surface area contributed by atoms with E-state index in [2.05, 4.69) is 6.58 Å². The fraction of sp³-hybridized carbons (Fsp3) is 0.700. The number of rotatable bonds is 4. The number of epoxide rings is 1. The van der Waals surface area contributed by atoms with Gasteiger partial charge in [0.15, 0.2) is 0 Å². The van der Waals surface area contributed by atoms with Gasteiger partial charge in [-0.05, 0) is 20.8 Å². The van der Waals surface area contributed by atoms with Gasteiger partial charge in [-0.1, -0.05) is 6.58 Å². The number of esters is 1. The van der Waals surface area contributed by atoms with Gasteiger partial charge in [0.25, 0.3) is 0 Å². The molecule has 1 unspecified atom stereocenters. The molecule has 1 aliphatic rings. The van der Waals surface area contributed by atoms with Crippen molar-refractivity contribution in [2.45, 2.75) is 38.9 Å². The van der Waals surface area contributed by atoms with Crippen molar-refractivity contribution in [3.05, 3.63) is 12.2 Å². The zero-order chi connectivity index (χ0) is 10.1. The van der Waals surface area contributed by atoms with E-state index in [9.17, 15) is 4.79 Å². The van der Waals surface area contributed by atoms with Crippen LogP contribution < -0.4 is 0 Å². The van der Waals surface area contributed by atoms with Crippen molar-refractivity contribution in [2.75, 3.05) is 6.61 Å². The fourth-order valence-corrected chi connectivity index (χ4v) is 1.12. The van der Waals surface area contributed by atoms with Crippen molar-refractivity contribution < 1.29 is 14.3 Å². The first-order chi connectivity index (χ1) is 5.93. The van der Waals surface area contributed by atoms with Gasteiger partial charge in [-0.2, -0.15) is 0 Å². The van der Waals surface area contributed by atoms with E-state index in [1.165, 1.54) is 0 Å². The third kappa shape index (κ3) is 2.84. The summed E-state index contributed by atoms with van der Waals surface area (Å²) in [5.41, 5.74) is 0.422. The van der Waals surface area contributed by atoms with Crippen molar-refractivity contribution >= 4 is 5.97 Å². The molecule has 0 aliphatic carbocycles. The SMILES string of the molecule is C=C(C)C(=O)OCCC1OC1(C)C. The third-order valence-corrected chi connectivity index (χ3v) is 2.13. The van der Waals surface area contributed by atoms with Crippen LogP contribution in [-0.4, -0.2) is 24.3 Å². The van der Waals surface area contributed by atoms with Crippen LogP contribution in [0.2, 0.25) is 0 Å². The van der Waals surface area contributed by atoms with E-state index in [0.29, 0.717) is 12.2 Å². The average Bonchev–Trinajstić information content (AvgIpc) is 2.58. The van der Waals surface area contributed by atoms with Crippen LogP contribution in [0.3, 0.4) is 0 Å². The summed E-state index contributed by atoms with van der Waals surface area (Å²) in [6.45, 7) is 9.60. The minimum absolute atomic E-state index is 0.0182. The Hall–Kier alpha value is -0.830. The summed E-state index contributed by atoms with van der Waals surface area (Å²) in [4.78, 5) is 10.9. The minimum atomic E-state index is -0.321. The maximum absolute atomic E-state index is 10.9. The summed E-state index contributed by atoms with van der Waals surface area (Å²) < 4.78 is 10.3. The van der Waals surface area contributed by atoms with Crippen LogP contribution in [0.4, 0.5) is 0 Å². The molecule has 1 aliphatic heterocycles. The summed E-state index contributed by atoms with van der Waals surface area (Å²) >= 11 is 0. The largest absolute Gasteiger partial charge is 0.462 e. The summed E-state index contributed by atoms with van der Waals surface area (Å²) in [6.07, 6.45) is 1.01. The molecule has 3 nitrogen and oxygen atoms in total. The molecule has 0 radical (unpaired) electrons. The van der Waals surface area contributed by atoms with Crippen molar-refractivity contribution in [1.29, 1.82) is 0 Å². The topological polar surface area (TPSA) is 38.8 Å². The van der Waals surface area contributed by atoms with Crippen LogP contribution in [0, 0.1) is 0 Å². The number of hydrogen-bond donors (Lipinski definition) is 0. The molecule has 0 N–H and O–H groups in total. The second-order valence-corrected chi connectivity index (χ2v) is 3.91. The Kier molecular flexibility index (Phi) is 2.76. The van der Waals surface area contributed by atoms with Crippen LogP contribution in [0.15, 0.2) is 12.2 Å². The highest BCUT2D eigenvalue weighted by atomic mass is 16.6. The Morgan fingerprint density at radius 1 is 1.62 bits per heavy atom. The first-order valence-electron chi connectivity index (χ1n) is 4.44. The monoisotopic (exact) mass is 184 g/mol. The van der Waals surface area contributed by atoms with E-state index in [-0.39, 0.29) is 17.7 Å². The maximum atomic E-state index is 10.9. The van der Waals surface area contributed by atoms with Gasteiger partial charge in [0, 0.05) is 12.0 Å². The molecule has 3 heteroatoms. The van der Waals surface area contributed by atoms with Gasteiger partial charge in [0.05, 0.1) is 18.3 Å². The lowest BCUT2D eigenvalue weighted by molar-refractivity contribution is -0.139. The van der Waals surface area contributed by atoms with E-state index < -0.39 is 0 Å². The van der Waals surface area contributed by atoms with Crippen LogP contribution in [0.1, 0.15) is 27.2 Å². The Bertz CT molecular complexity index is 230. The van der Waals surface area contributed by atoms with Gasteiger partial charge in [-0.3, -0.25) is 0 Å². The number of hydrogen-bond acceptors (Lipinski definition) is 3. The van der Waals surface area contributed by atoms with Gasteiger partial charge in [0.2, 0.25) is 0 Å². The molecule has 1 fully saturated rings. The molecule has 0 spiro atoms. The van der Waals surface area contributed by atoms with Gasteiger partial charge < -0.3 is 9.47 Å². The number of carbonyl (C=O) groups excluding carboxylic acids is 1. The summed E-state index contributed by atoms with van der Waals surface area (Å²) in [5, 5.41) is 0. The number of carbonyl (C=O) groups is 1. The predicted molar refractivity (Wildman–Crippen MR) is 49.3 cm³/mol. The molecule has 0 bridgehead atoms. The maximum Gasteiger partial charge on any atom is 0.333 e. The number of ether oxygens (including phenoxy) is 2. The van der Waals surface area contributed by atoms with E-state index in [1.807, 2.05) is 13.8 Å². The first-order valence-corrected chi connectivity index (χ1v) is 4.44. The molecular formula is C10H16O3. The first kappa shape index (κ1) is 10.3. The molecule has 0 aromatic heterocycles. The van der Waals surface area contributed by atoms with E-state index in [0.717, 1.165) is 6.42 Å². The second-order valence-electron chi connectivity index (χ2n) is 3.91. The van der Waals surface area contributed by atoms with Gasteiger partial charge >= 0.3 is 5.97 Å². The average molecular weight is 184 g/mol. The minimum Gasteiger partial charge on any atom is -0.462 e. The molecule has 0 amide bonds. The molecule has 1 atom stereocenters. The Morgan fingerprint density at radius 3 is 2.54 bits per heavy atom. The summed E-state index contributed by atoms with van der Waals surface area (Å²) in [7, 11) is 0. The highest BCUT2D eigenvalue weighted by Crippen LogP contribution is 2.37. The smallest absolute Gasteiger partial charge is 0.333 e. The standard InChI is InChI=1S/C10H16O3/c1-7(2)9(11)12-6-5-8-10(3,4)13-8/h8H,1,5-6H2,2-4H3. The molecule has 74 valence electrons. The van der Waals surface area contributed by atoms with E-state index in [4.69, 9.17) is 9.47 Å². The quantitative estimate of drug-likeness (QED) is 0.379. The molecule has 0 aromatic carbocycles. The van der Waals surface area contributed by atoms with Crippen LogP contribution in [0.5, 0.6) is 0 Å². The van der Waals surface area contributed by atoms with E-state index >= 15 is 0 Å². The van der Waals surface area contributed by atoms with Crippen LogP contribution in [-0.2, 0) is 14.3 Å². The third-order valence-electron chi connectivity index (χ3n) is 2.13. The zero-order valence-electron chi connectivity index (χ0n) is 8.42. The van der Waals surface area contributed by atoms with Crippen molar-refractivity contribution in [3.63, 3.8) is 0 Å². The Labute approximate surface area is 78.7 Å². The molecule has 1 heterocycles. The van der Waals surface area contributed by atoms with Crippen LogP contribution in [0.25, 0.3) is 0 Å². The van der Waals surface area contributed by atoms with Crippen molar-refractivity contribution in [2.24, 2.45) is 0 Å². The van der Waals surface area contributed by atoms with E-state index in [1.54, 1.807) is 6.92 Å². The summed E-state index contributed by atoms with van der Waals surface area (Å²) in [6, 6.07) is 0. The van der Waals surface area contributed by atoms with Crippen molar-refractivity contribution in [1.82, 2.24) is 0 Å². The molecule has 13 heavy (non-hydrogen) atoms. The highest BCUT2D eigenvalue weighted by Gasteiger charge is 2.47. The molecule has 0 aromatic rings. The molecule has 1 rings (SSSR count). The van der Waals surface area contributed by atoms with Crippen molar-refractivity contribution in [3.8, 4) is 0 Å². The second kappa shape index (κ2) is 3.50. The predicted octanol–water partition coefficient (Wildman–Crippen LogP) is 1.67. The lowest BCUT2D eigenvalue weighted by Gasteiger charge is -2.02. The van der Waals surface area contributed by atoms with Gasteiger partial charge in [-0.15, -0.1) is 0 Å². The van der Waals surface area contributed by atoms with Gasteiger partial charge in [0.1, 0.15) is 0 Å². The molecule has 1 saturated heterocycles. The molecule has 0 saturated carbocycles. The fourth-order valence-electron chi connectivity index (χ4n) is 1.12. The Morgan fingerprint density at radius 2 is 2.15 bits per heavy atom. The van der Waals surface area contributed by atoms with Gasteiger partial charge in [-0.25, -0.2) is 4.79 Å². The highest BCUT2D eigenvalue weighted by molar-refractivity contribution is 5.86. The van der Waals surface area contributed by atoms with Crippen LogP contribution >= 0.6 is 0 Å². The normalized spacial score (nSPS) is 23.8. The lowest BCUT2D eigenvalue weighted by atomic mass is 10.1. The lowest BCUT2D eigenvalue weighted by Crippen LogP contribution is -2.10. The zero-order valence-corrected chi connectivity index (χ0v) is 8.42. The molecular weight excluding hydrogens is 168 g/mol. The summed E-state index contributed by atoms with van der Waals surface area (Å²) in [5.74, 6) is -0.321.